The van der Waals surface area contributed by atoms with Crippen molar-refractivity contribution in [3.63, 3.8) is 0 Å². The second kappa shape index (κ2) is 18.5. The monoisotopic (exact) mass is 663 g/mol. The average Bonchev–Trinajstić information content (AvgIpc) is 3.57. The number of rotatable bonds is 12. The van der Waals surface area contributed by atoms with Crippen LogP contribution < -0.4 is 20.7 Å². The van der Waals surface area contributed by atoms with E-state index in [1.165, 1.54) is 0 Å². The van der Waals surface area contributed by atoms with Gasteiger partial charge in [-0.1, -0.05) is 63.6 Å². The molecule has 0 spiro atoms. The zero-order valence-corrected chi connectivity index (χ0v) is 29.0. The van der Waals surface area contributed by atoms with Crippen molar-refractivity contribution in [2.75, 3.05) is 39.9 Å². The lowest BCUT2D eigenvalue weighted by molar-refractivity contribution is -0.137. The van der Waals surface area contributed by atoms with Gasteiger partial charge in [-0.3, -0.25) is 24.1 Å². The molecular weight excluding hydrogens is 610 g/mol. The molecule has 0 aromatic heterocycles. The van der Waals surface area contributed by atoms with E-state index in [4.69, 9.17) is 9.47 Å². The van der Waals surface area contributed by atoms with Gasteiger partial charge in [-0.05, 0) is 61.9 Å². The van der Waals surface area contributed by atoms with Crippen LogP contribution in [0, 0.1) is 5.92 Å². The van der Waals surface area contributed by atoms with E-state index in [1.54, 1.807) is 29.2 Å². The Labute approximate surface area is 285 Å². The molecule has 0 radical (unpaired) electrons. The van der Waals surface area contributed by atoms with Gasteiger partial charge in [0.05, 0.1) is 24.6 Å². The van der Waals surface area contributed by atoms with Crippen LogP contribution in [-0.4, -0.2) is 91.5 Å². The first-order valence-corrected chi connectivity index (χ1v) is 17.4. The van der Waals surface area contributed by atoms with E-state index in [9.17, 15) is 19.2 Å². The maximum absolute atomic E-state index is 13.7. The van der Waals surface area contributed by atoms with Gasteiger partial charge in [0.1, 0.15) is 24.4 Å². The first-order valence-electron chi connectivity index (χ1n) is 17.4. The molecule has 2 aromatic carbocycles. The maximum atomic E-state index is 13.7. The number of para-hydroxylation sites is 1. The van der Waals surface area contributed by atoms with Gasteiger partial charge < -0.3 is 30.3 Å². The number of carbonyl (C=O) groups is 4. The summed E-state index contributed by atoms with van der Waals surface area (Å²) < 4.78 is 11.8. The third kappa shape index (κ3) is 11.3. The molecular formula is C37H53N5O6. The number of hydrogen-bond donors (Lipinski definition) is 3. The summed E-state index contributed by atoms with van der Waals surface area (Å²) in [5.41, 5.74) is 2.29. The quantitative estimate of drug-likeness (QED) is 0.316. The van der Waals surface area contributed by atoms with Gasteiger partial charge in [0.25, 0.3) is 5.91 Å². The fraction of sp³-hybridized carbons (Fsp3) is 0.568. The van der Waals surface area contributed by atoms with Gasteiger partial charge in [0.2, 0.25) is 17.7 Å². The van der Waals surface area contributed by atoms with Gasteiger partial charge >= 0.3 is 0 Å². The molecule has 0 saturated carbocycles. The number of nitrogens with zero attached hydrogens (tertiary/aromatic N) is 2. The number of ether oxygens (including phenoxy) is 2. The summed E-state index contributed by atoms with van der Waals surface area (Å²) in [5.74, 6) is -1.20. The fourth-order valence-corrected chi connectivity index (χ4v) is 6.11. The number of benzene rings is 2. The number of unbranched alkanes of at least 4 members (excludes halogenated alkanes) is 1. The van der Waals surface area contributed by atoms with Crippen molar-refractivity contribution in [3.05, 3.63) is 65.2 Å². The molecule has 11 heteroatoms. The molecule has 0 bridgehead atoms. The van der Waals surface area contributed by atoms with E-state index >= 15 is 0 Å². The Hall–Kier alpha value is -3.96. The highest BCUT2D eigenvalue weighted by Gasteiger charge is 2.31. The first-order chi connectivity index (χ1) is 23.1. The van der Waals surface area contributed by atoms with Crippen LogP contribution in [0.2, 0.25) is 0 Å². The molecule has 1 unspecified atom stereocenters. The Morgan fingerprint density at radius 3 is 2.50 bits per heavy atom. The van der Waals surface area contributed by atoms with Gasteiger partial charge in [-0.2, -0.15) is 0 Å². The van der Waals surface area contributed by atoms with Crippen molar-refractivity contribution >= 4 is 23.6 Å². The molecule has 3 N–H and O–H groups in total. The van der Waals surface area contributed by atoms with Gasteiger partial charge in [-0.25, -0.2) is 0 Å². The lowest BCUT2D eigenvalue weighted by atomic mass is 10.0. The van der Waals surface area contributed by atoms with Crippen molar-refractivity contribution in [1.29, 1.82) is 0 Å². The van der Waals surface area contributed by atoms with Crippen LogP contribution >= 0.6 is 0 Å². The molecule has 1 saturated heterocycles. The largest absolute Gasteiger partial charge is 0.491 e. The summed E-state index contributed by atoms with van der Waals surface area (Å²) in [6, 6.07) is 12.9. The summed E-state index contributed by atoms with van der Waals surface area (Å²) in [7, 11) is 2.08. The van der Waals surface area contributed by atoms with Gasteiger partial charge in [-0.15, -0.1) is 0 Å². The highest BCUT2D eigenvalue weighted by atomic mass is 16.5. The summed E-state index contributed by atoms with van der Waals surface area (Å²) in [5, 5.41) is 8.53. The number of hydrogen-bond acceptors (Lipinski definition) is 7. The van der Waals surface area contributed by atoms with E-state index in [1.807, 2.05) is 38.1 Å². The molecule has 4 rings (SSSR count). The molecule has 0 aliphatic carbocycles. The van der Waals surface area contributed by atoms with Crippen LogP contribution in [0.15, 0.2) is 48.5 Å². The molecule has 262 valence electrons. The van der Waals surface area contributed by atoms with Crippen molar-refractivity contribution < 1.29 is 28.7 Å². The number of likely N-dealkylation sites (N-methyl/N-ethyl adjacent to an activating group) is 1. The Kier molecular flexibility index (Phi) is 14.2. The molecule has 2 aliphatic rings. The Morgan fingerprint density at radius 2 is 1.79 bits per heavy atom. The number of amides is 4. The highest BCUT2D eigenvalue weighted by Crippen LogP contribution is 2.20. The van der Waals surface area contributed by atoms with Crippen LogP contribution in [0.3, 0.4) is 0 Å². The molecule has 3 atom stereocenters. The lowest BCUT2D eigenvalue weighted by Crippen LogP contribution is -2.53. The lowest BCUT2D eigenvalue weighted by Gasteiger charge is -2.30. The number of nitrogens with one attached hydrogen (secondary N) is 3. The zero-order chi connectivity index (χ0) is 34.5. The van der Waals surface area contributed by atoms with Crippen molar-refractivity contribution in [2.24, 2.45) is 5.92 Å². The molecule has 48 heavy (non-hydrogen) atoms. The minimum absolute atomic E-state index is 0.140. The smallest absolute Gasteiger partial charge is 0.255 e. The molecule has 2 aromatic rings. The molecule has 11 nitrogen and oxygen atoms in total. The third-order valence-electron chi connectivity index (χ3n) is 8.68. The summed E-state index contributed by atoms with van der Waals surface area (Å²) >= 11 is 0. The number of carbonyl (C=O) groups excluding carboxylic acids is 4. The Morgan fingerprint density at radius 1 is 1.04 bits per heavy atom. The Balaban J connectivity index is 1.47. The fourth-order valence-electron chi connectivity index (χ4n) is 6.11. The van der Waals surface area contributed by atoms with Crippen LogP contribution in [0.25, 0.3) is 0 Å². The van der Waals surface area contributed by atoms with E-state index < -0.39 is 29.8 Å². The highest BCUT2D eigenvalue weighted by molar-refractivity contribution is 6.01. The van der Waals surface area contributed by atoms with Gasteiger partial charge in [0.15, 0.2) is 0 Å². The standard InChI is InChI=1S/C37H53N5O6/c1-5-6-17-42-18-20-48-33-12-8-7-11-30(33)35(44)40-31(22-34(43)39-32(37(42)46)21-26(2)3)36(45)38-23-27-13-15-28(16-14-27)24-41(4)25-29-10-9-19-47-29/h7-8,11-16,26,29,31-32H,5-6,9-10,17-25H2,1-4H3,(H,38,45)(H,39,43)(H,40,44)/t29?,31-,32-/m0/s1. The van der Waals surface area contributed by atoms with E-state index in [0.29, 0.717) is 31.4 Å². The summed E-state index contributed by atoms with van der Waals surface area (Å²) in [6.45, 7) is 9.81. The normalized spacial score (nSPS) is 20.9. The topological polar surface area (TPSA) is 129 Å². The summed E-state index contributed by atoms with van der Waals surface area (Å²) in [6.07, 6.45) is 4.34. The third-order valence-corrected chi connectivity index (χ3v) is 8.68. The van der Waals surface area contributed by atoms with Crippen LogP contribution in [0.1, 0.15) is 80.8 Å². The van der Waals surface area contributed by atoms with Crippen LogP contribution in [-0.2, 0) is 32.2 Å². The molecule has 2 heterocycles. The van der Waals surface area contributed by atoms with Crippen molar-refractivity contribution in [1.82, 2.24) is 25.8 Å². The SMILES string of the molecule is CCCCN1CCOc2ccccc2C(=O)N[C@H](C(=O)NCc2ccc(CN(C)CC3CCCO3)cc2)CC(=O)N[C@@H](CC(C)C)C1=O. The van der Waals surface area contributed by atoms with E-state index in [-0.39, 0.29) is 37.0 Å². The second-order valence-corrected chi connectivity index (χ2v) is 13.4. The van der Waals surface area contributed by atoms with Gasteiger partial charge in [0, 0.05) is 32.8 Å². The maximum Gasteiger partial charge on any atom is 0.255 e. The number of fused-ring (bicyclic) bond motifs is 1. The first kappa shape index (κ1) is 36.9. The predicted molar refractivity (Wildman–Crippen MR) is 184 cm³/mol. The second-order valence-electron chi connectivity index (χ2n) is 13.4. The molecule has 1 fully saturated rings. The predicted octanol–water partition coefficient (Wildman–Crippen LogP) is 3.65. The van der Waals surface area contributed by atoms with E-state index in [2.05, 4.69) is 34.8 Å². The average molecular weight is 664 g/mol. The van der Waals surface area contributed by atoms with Crippen LogP contribution in [0.4, 0.5) is 0 Å². The zero-order valence-electron chi connectivity index (χ0n) is 29.0. The Bertz CT molecular complexity index is 1360. The van der Waals surface area contributed by atoms with E-state index in [0.717, 1.165) is 56.5 Å². The van der Waals surface area contributed by atoms with Crippen LogP contribution in [0.5, 0.6) is 5.75 Å². The van der Waals surface area contributed by atoms with Crippen molar-refractivity contribution in [3.8, 4) is 5.75 Å². The summed E-state index contributed by atoms with van der Waals surface area (Å²) in [4.78, 5) is 58.2. The molecule has 4 amide bonds. The minimum Gasteiger partial charge on any atom is -0.491 e. The van der Waals surface area contributed by atoms with Crippen molar-refractivity contribution in [2.45, 2.75) is 90.6 Å². The molecule has 2 aliphatic heterocycles. The minimum atomic E-state index is -1.18.